The van der Waals surface area contributed by atoms with Crippen molar-refractivity contribution in [2.45, 2.75) is 24.6 Å². The molecule has 0 aliphatic carbocycles. The van der Waals surface area contributed by atoms with E-state index in [-0.39, 0.29) is 16.7 Å². The number of carbonyl (C=O) groups is 3. The molecule has 0 saturated carbocycles. The van der Waals surface area contributed by atoms with Gasteiger partial charge in [0.25, 0.3) is 10.1 Å². The maximum atomic E-state index is 12.9. The van der Waals surface area contributed by atoms with Crippen molar-refractivity contribution in [3.63, 3.8) is 0 Å². The Hall–Kier alpha value is -4.06. The molecule has 3 aromatic rings. The van der Waals surface area contributed by atoms with Crippen LogP contribution in [0.15, 0.2) is 91.0 Å². The predicted octanol–water partition coefficient (Wildman–Crippen LogP) is 3.00. The molecule has 4 rings (SSSR count). The molecule has 0 N–H and O–H groups in total. The molecule has 4 atom stereocenters. The minimum absolute atomic E-state index is 0.172. The lowest BCUT2D eigenvalue weighted by atomic mass is 10.1. The number of carbonyl (C=O) groups excluding carboxylic acids is 3. The van der Waals surface area contributed by atoms with E-state index in [4.69, 9.17) is 23.1 Å². The summed E-state index contributed by atoms with van der Waals surface area (Å²) in [5.74, 6) is -2.32. The van der Waals surface area contributed by atoms with Crippen molar-refractivity contribution in [2.24, 2.45) is 0 Å². The van der Waals surface area contributed by atoms with Crippen LogP contribution in [0.3, 0.4) is 0 Å². The zero-order valence-electron chi connectivity index (χ0n) is 20.2. The highest BCUT2D eigenvalue weighted by Crippen LogP contribution is 2.31. The van der Waals surface area contributed by atoms with Gasteiger partial charge in [-0.2, -0.15) is 8.42 Å². The summed E-state index contributed by atoms with van der Waals surface area (Å²) in [6, 6.07) is 24.0. The molecule has 0 aromatic heterocycles. The topological polar surface area (TPSA) is 132 Å². The van der Waals surface area contributed by atoms with Gasteiger partial charge in [-0.3, -0.25) is 4.18 Å². The highest BCUT2D eigenvalue weighted by atomic mass is 32.2. The highest BCUT2D eigenvalue weighted by molar-refractivity contribution is 7.86. The molecule has 0 unspecified atom stereocenters. The van der Waals surface area contributed by atoms with Crippen molar-refractivity contribution >= 4 is 28.0 Å². The van der Waals surface area contributed by atoms with Gasteiger partial charge >= 0.3 is 17.9 Å². The van der Waals surface area contributed by atoms with Crippen LogP contribution in [0.25, 0.3) is 0 Å². The van der Waals surface area contributed by atoms with E-state index >= 15 is 0 Å². The lowest BCUT2D eigenvalue weighted by Crippen LogP contribution is -2.42. The molecule has 1 fully saturated rings. The van der Waals surface area contributed by atoms with Crippen LogP contribution in [0.5, 0.6) is 0 Å². The molecule has 0 radical (unpaired) electrons. The summed E-state index contributed by atoms with van der Waals surface area (Å²) < 4.78 is 51.5. The zero-order chi connectivity index (χ0) is 27.1. The van der Waals surface area contributed by atoms with Gasteiger partial charge in [-0.1, -0.05) is 54.6 Å². The second-order valence-electron chi connectivity index (χ2n) is 8.28. The number of hydrogen-bond acceptors (Lipinski definition) is 10. The Morgan fingerprint density at radius 2 is 1.13 bits per heavy atom. The van der Waals surface area contributed by atoms with Gasteiger partial charge in [0.1, 0.15) is 12.7 Å². The molecule has 198 valence electrons. The van der Waals surface area contributed by atoms with Crippen molar-refractivity contribution in [1.29, 1.82) is 0 Å². The van der Waals surface area contributed by atoms with Crippen LogP contribution >= 0.6 is 0 Å². The molecule has 1 saturated heterocycles. The van der Waals surface area contributed by atoms with Gasteiger partial charge in [-0.15, -0.1) is 0 Å². The van der Waals surface area contributed by atoms with E-state index in [1.54, 1.807) is 66.7 Å². The van der Waals surface area contributed by atoms with Crippen molar-refractivity contribution < 1.29 is 45.9 Å². The largest absolute Gasteiger partial charge is 0.459 e. The lowest BCUT2D eigenvalue weighted by molar-refractivity contribution is -0.135. The number of benzene rings is 3. The van der Waals surface area contributed by atoms with Crippen molar-refractivity contribution in [1.82, 2.24) is 0 Å². The standard InChI is InChI=1S/C27H24O10S/c1-38(31,32)37-23-22(35-25(29)19-13-7-3-8-14-19)21(17-33-24(28)18-11-5-2-6-12-18)34-27(23)36-26(30)20-15-9-4-10-16-20/h2-16,21-23,27H,17H2,1H3/t21-,22-,23+,27+/m0/s1. The molecule has 3 aromatic carbocycles. The Balaban J connectivity index is 1.60. The zero-order valence-corrected chi connectivity index (χ0v) is 21.0. The van der Waals surface area contributed by atoms with Crippen LogP contribution in [0.1, 0.15) is 31.1 Å². The number of esters is 3. The average molecular weight is 541 g/mol. The number of rotatable bonds is 9. The monoisotopic (exact) mass is 540 g/mol. The maximum Gasteiger partial charge on any atom is 0.340 e. The third kappa shape index (κ3) is 7.03. The van der Waals surface area contributed by atoms with Gasteiger partial charge in [0.05, 0.1) is 22.9 Å². The summed E-state index contributed by atoms with van der Waals surface area (Å²) in [6.07, 6.45) is -5.04. The Morgan fingerprint density at radius 3 is 1.61 bits per heavy atom. The quantitative estimate of drug-likeness (QED) is 0.227. The smallest absolute Gasteiger partial charge is 0.340 e. The van der Waals surface area contributed by atoms with Gasteiger partial charge in [-0.25, -0.2) is 14.4 Å². The predicted molar refractivity (Wildman–Crippen MR) is 133 cm³/mol. The van der Waals surface area contributed by atoms with Crippen molar-refractivity contribution in [3.05, 3.63) is 108 Å². The summed E-state index contributed by atoms with van der Waals surface area (Å²) in [5.41, 5.74) is 0.612. The molecule has 0 bridgehead atoms. The minimum atomic E-state index is -4.14. The Labute approximate surface area is 219 Å². The number of hydrogen-bond donors (Lipinski definition) is 0. The van der Waals surface area contributed by atoms with E-state index in [1.807, 2.05) is 0 Å². The Kier molecular flexibility index (Phi) is 8.52. The van der Waals surface area contributed by atoms with Crippen LogP contribution in [0.4, 0.5) is 0 Å². The minimum Gasteiger partial charge on any atom is -0.459 e. The van der Waals surface area contributed by atoms with Crippen LogP contribution in [-0.2, 0) is 33.2 Å². The Morgan fingerprint density at radius 1 is 0.684 bits per heavy atom. The average Bonchev–Trinajstić information content (AvgIpc) is 3.22. The summed E-state index contributed by atoms with van der Waals surface area (Å²) in [6.45, 7) is -0.455. The lowest BCUT2D eigenvalue weighted by Gasteiger charge is -2.23. The van der Waals surface area contributed by atoms with E-state index in [0.717, 1.165) is 6.26 Å². The van der Waals surface area contributed by atoms with Crippen molar-refractivity contribution in [3.8, 4) is 0 Å². The molecular formula is C27H24O10S. The molecule has 11 heteroatoms. The van der Waals surface area contributed by atoms with Crippen molar-refractivity contribution in [2.75, 3.05) is 12.9 Å². The van der Waals surface area contributed by atoms with Crippen LogP contribution in [0, 0.1) is 0 Å². The molecule has 38 heavy (non-hydrogen) atoms. The normalized spacial score (nSPS) is 20.9. The fourth-order valence-electron chi connectivity index (χ4n) is 3.70. The summed E-state index contributed by atoms with van der Waals surface area (Å²) >= 11 is 0. The first kappa shape index (κ1) is 27.0. The molecule has 10 nitrogen and oxygen atoms in total. The van der Waals surface area contributed by atoms with E-state index in [1.165, 1.54) is 24.3 Å². The molecule has 1 aliphatic heterocycles. The van der Waals surface area contributed by atoms with Crippen LogP contribution in [0.2, 0.25) is 0 Å². The molecule has 0 spiro atoms. The second kappa shape index (κ2) is 12.0. The van der Waals surface area contributed by atoms with E-state index in [0.29, 0.717) is 0 Å². The third-order valence-electron chi connectivity index (χ3n) is 5.43. The second-order valence-corrected chi connectivity index (χ2v) is 9.88. The summed E-state index contributed by atoms with van der Waals surface area (Å²) in [7, 11) is -4.14. The Bertz CT molecular complexity index is 1360. The first-order valence-corrected chi connectivity index (χ1v) is 13.3. The summed E-state index contributed by atoms with van der Waals surface area (Å²) in [5, 5.41) is 0. The SMILES string of the molecule is CS(=O)(=O)O[C@H]1[C@@H](OC(=O)c2ccccc2)O[C@@H](COC(=O)c2ccccc2)[C@@H]1OC(=O)c1ccccc1. The van der Waals surface area contributed by atoms with Gasteiger partial charge in [0, 0.05) is 0 Å². The molecule has 1 heterocycles. The van der Waals surface area contributed by atoms with Crippen LogP contribution < -0.4 is 0 Å². The van der Waals surface area contributed by atoms with Gasteiger partial charge in [0.15, 0.2) is 12.2 Å². The fraction of sp³-hybridized carbons (Fsp3) is 0.222. The third-order valence-corrected chi connectivity index (χ3v) is 6.00. The van der Waals surface area contributed by atoms with Gasteiger partial charge in [0.2, 0.25) is 6.29 Å². The summed E-state index contributed by atoms with van der Waals surface area (Å²) in [4.78, 5) is 38.1. The highest BCUT2D eigenvalue weighted by Gasteiger charge is 2.52. The molecular weight excluding hydrogens is 516 g/mol. The maximum absolute atomic E-state index is 12.9. The molecule has 0 amide bonds. The first-order chi connectivity index (χ1) is 18.2. The van der Waals surface area contributed by atoms with E-state index in [9.17, 15) is 22.8 Å². The van der Waals surface area contributed by atoms with E-state index < -0.39 is 59.2 Å². The number of ether oxygens (including phenoxy) is 4. The van der Waals surface area contributed by atoms with E-state index in [2.05, 4.69) is 0 Å². The molecule has 1 aliphatic rings. The van der Waals surface area contributed by atoms with Gasteiger partial charge < -0.3 is 18.9 Å². The van der Waals surface area contributed by atoms with Crippen LogP contribution in [-0.4, -0.2) is 63.8 Å². The first-order valence-electron chi connectivity index (χ1n) is 11.5. The van der Waals surface area contributed by atoms with Gasteiger partial charge in [-0.05, 0) is 36.4 Å². The fourth-order valence-corrected chi connectivity index (χ4v) is 4.30.